The molecule has 0 atom stereocenters. The Bertz CT molecular complexity index is 559. The molecule has 0 amide bonds. The van der Waals surface area contributed by atoms with Crippen molar-refractivity contribution in [3.05, 3.63) is 34.9 Å². The SMILES string of the molecule is CC(=O)c1ccc(C#CCCCO)cc1C(=O)C(C)C. The zero-order chi connectivity index (χ0) is 15.1. The zero-order valence-corrected chi connectivity index (χ0v) is 12.2. The largest absolute Gasteiger partial charge is 0.396 e. The molecular formula is C17H20O3. The van der Waals surface area contributed by atoms with Gasteiger partial charge in [-0.3, -0.25) is 9.59 Å². The molecule has 20 heavy (non-hydrogen) atoms. The summed E-state index contributed by atoms with van der Waals surface area (Å²) in [7, 11) is 0. The summed E-state index contributed by atoms with van der Waals surface area (Å²) in [5, 5.41) is 8.69. The van der Waals surface area contributed by atoms with Gasteiger partial charge >= 0.3 is 0 Å². The highest BCUT2D eigenvalue weighted by molar-refractivity contribution is 6.08. The Hall–Kier alpha value is -1.92. The second-order valence-electron chi connectivity index (χ2n) is 4.96. The molecule has 0 aliphatic heterocycles. The van der Waals surface area contributed by atoms with Crippen molar-refractivity contribution in [1.29, 1.82) is 0 Å². The molecule has 3 nitrogen and oxygen atoms in total. The highest BCUT2D eigenvalue weighted by Gasteiger charge is 2.17. The lowest BCUT2D eigenvalue weighted by molar-refractivity contribution is 0.0927. The van der Waals surface area contributed by atoms with Gasteiger partial charge in [0, 0.05) is 35.6 Å². The number of aliphatic hydroxyl groups excluding tert-OH is 1. The number of Topliss-reactive ketones (excluding diaryl/α,β-unsaturated/α-hetero) is 2. The van der Waals surface area contributed by atoms with Crippen molar-refractivity contribution in [2.24, 2.45) is 5.92 Å². The molecule has 0 spiro atoms. The van der Waals surface area contributed by atoms with Crippen LogP contribution in [-0.4, -0.2) is 23.3 Å². The normalized spacial score (nSPS) is 10.1. The van der Waals surface area contributed by atoms with Crippen molar-refractivity contribution in [2.45, 2.75) is 33.6 Å². The number of unbranched alkanes of at least 4 members (excludes halogenated alkanes) is 1. The maximum Gasteiger partial charge on any atom is 0.166 e. The Balaban J connectivity index is 3.13. The minimum absolute atomic E-state index is 0.0470. The number of hydrogen-bond acceptors (Lipinski definition) is 3. The van der Waals surface area contributed by atoms with E-state index in [2.05, 4.69) is 11.8 Å². The molecule has 0 saturated heterocycles. The summed E-state index contributed by atoms with van der Waals surface area (Å²) >= 11 is 0. The Morgan fingerprint density at radius 3 is 2.50 bits per heavy atom. The Morgan fingerprint density at radius 2 is 1.95 bits per heavy atom. The Labute approximate surface area is 120 Å². The molecule has 0 radical (unpaired) electrons. The van der Waals surface area contributed by atoms with Crippen molar-refractivity contribution >= 4 is 11.6 Å². The lowest BCUT2D eigenvalue weighted by Gasteiger charge is -2.09. The van der Waals surface area contributed by atoms with E-state index in [0.29, 0.717) is 24.0 Å². The van der Waals surface area contributed by atoms with Crippen LogP contribution in [0.2, 0.25) is 0 Å². The molecule has 1 rings (SSSR count). The minimum Gasteiger partial charge on any atom is -0.396 e. The number of aliphatic hydroxyl groups is 1. The number of benzene rings is 1. The van der Waals surface area contributed by atoms with Crippen LogP contribution in [0, 0.1) is 17.8 Å². The van der Waals surface area contributed by atoms with Crippen LogP contribution >= 0.6 is 0 Å². The van der Waals surface area contributed by atoms with Gasteiger partial charge in [0.1, 0.15) is 0 Å². The molecule has 0 aliphatic rings. The fraction of sp³-hybridized carbons (Fsp3) is 0.412. The first-order valence-electron chi connectivity index (χ1n) is 6.76. The van der Waals surface area contributed by atoms with E-state index in [-0.39, 0.29) is 24.1 Å². The van der Waals surface area contributed by atoms with Crippen LogP contribution in [-0.2, 0) is 0 Å². The molecule has 1 aromatic carbocycles. The van der Waals surface area contributed by atoms with Crippen LogP contribution in [0.4, 0.5) is 0 Å². The van der Waals surface area contributed by atoms with Crippen LogP contribution in [0.3, 0.4) is 0 Å². The number of ketones is 2. The van der Waals surface area contributed by atoms with Gasteiger partial charge in [-0.25, -0.2) is 0 Å². The third kappa shape index (κ3) is 4.32. The third-order valence-electron chi connectivity index (χ3n) is 2.88. The highest BCUT2D eigenvalue weighted by atomic mass is 16.2. The first kappa shape index (κ1) is 16.1. The van der Waals surface area contributed by atoms with Crippen LogP contribution in [0.1, 0.15) is 59.9 Å². The predicted octanol–water partition coefficient (Wildman–Crippen LogP) is 2.85. The summed E-state index contributed by atoms with van der Waals surface area (Å²) in [5.74, 6) is 5.57. The molecule has 1 N–H and O–H groups in total. The van der Waals surface area contributed by atoms with Crippen LogP contribution in [0.15, 0.2) is 18.2 Å². The summed E-state index contributed by atoms with van der Waals surface area (Å²) < 4.78 is 0. The van der Waals surface area contributed by atoms with Gasteiger partial charge in [-0.15, -0.1) is 0 Å². The molecule has 106 valence electrons. The van der Waals surface area contributed by atoms with Crippen LogP contribution in [0.5, 0.6) is 0 Å². The van der Waals surface area contributed by atoms with E-state index in [4.69, 9.17) is 5.11 Å². The van der Waals surface area contributed by atoms with E-state index in [1.807, 2.05) is 13.8 Å². The molecule has 0 heterocycles. The lowest BCUT2D eigenvalue weighted by Crippen LogP contribution is -2.12. The van der Waals surface area contributed by atoms with Gasteiger partial charge < -0.3 is 5.11 Å². The summed E-state index contributed by atoms with van der Waals surface area (Å²) in [6.07, 6.45) is 1.24. The summed E-state index contributed by atoms with van der Waals surface area (Å²) in [6, 6.07) is 5.10. The standard InChI is InChI=1S/C17H20O3/c1-12(2)17(20)16-11-14(7-5-4-6-10-18)8-9-15(16)13(3)19/h8-9,11-12,18H,4,6,10H2,1-3H3. The van der Waals surface area contributed by atoms with Crippen molar-refractivity contribution in [3.8, 4) is 11.8 Å². The van der Waals surface area contributed by atoms with Crippen LogP contribution in [0.25, 0.3) is 0 Å². The summed E-state index contributed by atoms with van der Waals surface area (Å²) in [4.78, 5) is 23.8. The van der Waals surface area contributed by atoms with Gasteiger partial charge in [0.25, 0.3) is 0 Å². The second-order valence-corrected chi connectivity index (χ2v) is 4.96. The van der Waals surface area contributed by atoms with E-state index in [1.165, 1.54) is 6.92 Å². The second kappa shape index (κ2) is 7.62. The van der Waals surface area contributed by atoms with Crippen molar-refractivity contribution in [3.63, 3.8) is 0 Å². The average molecular weight is 272 g/mol. The number of hydrogen-bond donors (Lipinski definition) is 1. The average Bonchev–Trinajstić information content (AvgIpc) is 2.42. The van der Waals surface area contributed by atoms with Gasteiger partial charge in [-0.2, -0.15) is 0 Å². The topological polar surface area (TPSA) is 54.4 Å². The van der Waals surface area contributed by atoms with Crippen molar-refractivity contribution in [2.75, 3.05) is 6.61 Å². The summed E-state index contributed by atoms with van der Waals surface area (Å²) in [5.41, 5.74) is 1.61. The van der Waals surface area contributed by atoms with Gasteiger partial charge in [0.15, 0.2) is 11.6 Å². The van der Waals surface area contributed by atoms with Crippen molar-refractivity contribution in [1.82, 2.24) is 0 Å². The van der Waals surface area contributed by atoms with Crippen molar-refractivity contribution < 1.29 is 14.7 Å². The van der Waals surface area contributed by atoms with E-state index in [0.717, 1.165) is 5.56 Å². The van der Waals surface area contributed by atoms with Gasteiger partial charge in [-0.05, 0) is 31.5 Å². The first-order chi connectivity index (χ1) is 9.47. The van der Waals surface area contributed by atoms with Crippen LogP contribution < -0.4 is 0 Å². The summed E-state index contributed by atoms with van der Waals surface area (Å²) in [6.45, 7) is 5.20. The molecule has 0 aliphatic carbocycles. The van der Waals surface area contributed by atoms with Gasteiger partial charge in [0.2, 0.25) is 0 Å². The lowest BCUT2D eigenvalue weighted by atomic mass is 9.93. The minimum atomic E-state index is -0.161. The van der Waals surface area contributed by atoms with Gasteiger partial charge in [-0.1, -0.05) is 25.7 Å². The highest BCUT2D eigenvalue weighted by Crippen LogP contribution is 2.17. The molecule has 0 bridgehead atoms. The molecule has 1 aromatic rings. The van der Waals surface area contributed by atoms with Gasteiger partial charge in [0.05, 0.1) is 0 Å². The quantitative estimate of drug-likeness (QED) is 0.509. The first-order valence-corrected chi connectivity index (χ1v) is 6.76. The monoisotopic (exact) mass is 272 g/mol. The maximum absolute atomic E-state index is 12.2. The Kier molecular flexibility index (Phi) is 6.14. The fourth-order valence-electron chi connectivity index (χ4n) is 1.78. The van der Waals surface area contributed by atoms with E-state index in [1.54, 1.807) is 18.2 Å². The zero-order valence-electron chi connectivity index (χ0n) is 12.2. The molecule has 0 aromatic heterocycles. The molecule has 0 saturated carbocycles. The number of carbonyl (C=O) groups excluding carboxylic acids is 2. The molecule has 3 heteroatoms. The maximum atomic E-state index is 12.2. The third-order valence-corrected chi connectivity index (χ3v) is 2.88. The van der Waals surface area contributed by atoms with E-state index >= 15 is 0 Å². The predicted molar refractivity (Wildman–Crippen MR) is 78.8 cm³/mol. The number of carbonyl (C=O) groups is 2. The van der Waals surface area contributed by atoms with E-state index in [9.17, 15) is 9.59 Å². The smallest absolute Gasteiger partial charge is 0.166 e. The van der Waals surface area contributed by atoms with E-state index < -0.39 is 0 Å². The molecular weight excluding hydrogens is 252 g/mol. The Morgan fingerprint density at radius 1 is 1.25 bits per heavy atom. The molecule has 0 fully saturated rings. The molecule has 0 unspecified atom stereocenters. The fourth-order valence-corrected chi connectivity index (χ4v) is 1.78. The number of rotatable bonds is 5.